The van der Waals surface area contributed by atoms with Crippen molar-refractivity contribution >= 4 is 21.8 Å². The van der Waals surface area contributed by atoms with Gasteiger partial charge in [0.2, 0.25) is 0 Å². The molecule has 0 unspecified atom stereocenters. The SMILES string of the molecule is COc1ccc(Br)c(C(=O)N2CCOCC2(C)C)c1. The lowest BCUT2D eigenvalue weighted by Crippen LogP contribution is -2.55. The van der Waals surface area contributed by atoms with Gasteiger partial charge in [-0.05, 0) is 48.0 Å². The Bertz CT molecular complexity index is 488. The summed E-state index contributed by atoms with van der Waals surface area (Å²) in [6.07, 6.45) is 0. The first-order valence-corrected chi connectivity index (χ1v) is 6.98. The monoisotopic (exact) mass is 327 g/mol. The number of hydrogen-bond donors (Lipinski definition) is 0. The molecule has 0 atom stereocenters. The quantitative estimate of drug-likeness (QED) is 0.838. The van der Waals surface area contributed by atoms with Crippen molar-refractivity contribution in [1.82, 2.24) is 4.90 Å². The Morgan fingerprint density at radius 3 is 2.84 bits per heavy atom. The number of ether oxygens (including phenoxy) is 2. The fraction of sp³-hybridized carbons (Fsp3) is 0.500. The zero-order chi connectivity index (χ0) is 14.0. The lowest BCUT2D eigenvalue weighted by Gasteiger charge is -2.42. The van der Waals surface area contributed by atoms with Crippen LogP contribution in [0.15, 0.2) is 22.7 Å². The molecule has 1 saturated heterocycles. The maximum absolute atomic E-state index is 12.7. The molecule has 0 N–H and O–H groups in total. The van der Waals surface area contributed by atoms with Crippen LogP contribution in [-0.2, 0) is 4.74 Å². The Morgan fingerprint density at radius 2 is 2.21 bits per heavy atom. The van der Waals surface area contributed by atoms with E-state index in [4.69, 9.17) is 9.47 Å². The van der Waals surface area contributed by atoms with E-state index >= 15 is 0 Å². The van der Waals surface area contributed by atoms with Gasteiger partial charge in [-0.25, -0.2) is 0 Å². The topological polar surface area (TPSA) is 38.8 Å². The average Bonchev–Trinajstić information content (AvgIpc) is 2.38. The second-order valence-electron chi connectivity index (χ2n) is 5.17. The van der Waals surface area contributed by atoms with Gasteiger partial charge in [0.1, 0.15) is 5.75 Å². The van der Waals surface area contributed by atoms with Gasteiger partial charge >= 0.3 is 0 Å². The molecule has 1 aliphatic heterocycles. The van der Waals surface area contributed by atoms with E-state index in [1.807, 2.05) is 30.9 Å². The highest BCUT2D eigenvalue weighted by molar-refractivity contribution is 9.10. The largest absolute Gasteiger partial charge is 0.497 e. The van der Waals surface area contributed by atoms with Crippen LogP contribution in [0.5, 0.6) is 5.75 Å². The van der Waals surface area contributed by atoms with Crippen molar-refractivity contribution in [3.8, 4) is 5.75 Å². The van der Waals surface area contributed by atoms with E-state index in [9.17, 15) is 4.79 Å². The van der Waals surface area contributed by atoms with Gasteiger partial charge in [-0.2, -0.15) is 0 Å². The van der Waals surface area contributed by atoms with Crippen LogP contribution < -0.4 is 4.74 Å². The standard InChI is InChI=1S/C14H18BrNO3/c1-14(2)9-19-7-6-16(14)13(17)11-8-10(18-3)4-5-12(11)15/h4-5,8H,6-7,9H2,1-3H3. The van der Waals surface area contributed by atoms with Crippen molar-refractivity contribution in [2.24, 2.45) is 0 Å². The zero-order valence-corrected chi connectivity index (χ0v) is 13.0. The second kappa shape index (κ2) is 5.51. The molecule has 0 aliphatic carbocycles. The molecule has 104 valence electrons. The molecule has 1 aromatic carbocycles. The molecule has 1 aromatic rings. The molecule has 2 rings (SSSR count). The van der Waals surface area contributed by atoms with Gasteiger partial charge in [-0.3, -0.25) is 4.79 Å². The summed E-state index contributed by atoms with van der Waals surface area (Å²) in [4.78, 5) is 14.5. The summed E-state index contributed by atoms with van der Waals surface area (Å²) in [5.74, 6) is 0.677. The number of carbonyl (C=O) groups is 1. The van der Waals surface area contributed by atoms with Crippen LogP contribution in [0.4, 0.5) is 0 Å². The number of carbonyl (C=O) groups excluding carboxylic acids is 1. The number of halogens is 1. The van der Waals surface area contributed by atoms with E-state index in [1.165, 1.54) is 0 Å². The van der Waals surface area contributed by atoms with Gasteiger partial charge in [-0.1, -0.05) is 0 Å². The summed E-state index contributed by atoms with van der Waals surface area (Å²) < 4.78 is 11.4. The molecule has 0 spiro atoms. The molecular weight excluding hydrogens is 310 g/mol. The maximum atomic E-state index is 12.7. The molecular formula is C14H18BrNO3. The number of nitrogens with zero attached hydrogens (tertiary/aromatic N) is 1. The van der Waals surface area contributed by atoms with Crippen LogP contribution in [0, 0.1) is 0 Å². The van der Waals surface area contributed by atoms with Crippen LogP contribution in [0.25, 0.3) is 0 Å². The zero-order valence-electron chi connectivity index (χ0n) is 11.4. The molecule has 5 heteroatoms. The van der Waals surface area contributed by atoms with Crippen molar-refractivity contribution in [2.75, 3.05) is 26.9 Å². The van der Waals surface area contributed by atoms with Gasteiger partial charge < -0.3 is 14.4 Å². The van der Waals surface area contributed by atoms with E-state index in [-0.39, 0.29) is 11.4 Å². The highest BCUT2D eigenvalue weighted by Crippen LogP contribution is 2.27. The normalized spacial score (nSPS) is 18.2. The number of morpholine rings is 1. The van der Waals surface area contributed by atoms with Crippen LogP contribution in [-0.4, -0.2) is 43.2 Å². The molecule has 4 nitrogen and oxygen atoms in total. The maximum Gasteiger partial charge on any atom is 0.255 e. The third-order valence-electron chi connectivity index (χ3n) is 3.29. The first-order valence-electron chi connectivity index (χ1n) is 6.19. The summed E-state index contributed by atoms with van der Waals surface area (Å²) in [5, 5.41) is 0. The van der Waals surface area contributed by atoms with Crippen molar-refractivity contribution in [2.45, 2.75) is 19.4 Å². The van der Waals surface area contributed by atoms with E-state index in [1.54, 1.807) is 13.2 Å². The summed E-state index contributed by atoms with van der Waals surface area (Å²) in [7, 11) is 1.59. The van der Waals surface area contributed by atoms with E-state index < -0.39 is 0 Å². The minimum Gasteiger partial charge on any atom is -0.497 e. The average molecular weight is 328 g/mol. The Hall–Kier alpha value is -1.07. The molecule has 1 aliphatic rings. The highest BCUT2D eigenvalue weighted by atomic mass is 79.9. The lowest BCUT2D eigenvalue weighted by atomic mass is 10.0. The minimum atomic E-state index is -0.294. The van der Waals surface area contributed by atoms with Crippen LogP contribution in [0.1, 0.15) is 24.2 Å². The Kier molecular flexibility index (Phi) is 4.16. The van der Waals surface area contributed by atoms with Gasteiger partial charge in [0.15, 0.2) is 0 Å². The fourth-order valence-electron chi connectivity index (χ4n) is 2.18. The van der Waals surface area contributed by atoms with Crippen molar-refractivity contribution in [1.29, 1.82) is 0 Å². The first kappa shape index (κ1) is 14.3. The van der Waals surface area contributed by atoms with Gasteiger partial charge in [-0.15, -0.1) is 0 Å². The van der Waals surface area contributed by atoms with Crippen LogP contribution in [0.3, 0.4) is 0 Å². The van der Waals surface area contributed by atoms with Crippen LogP contribution >= 0.6 is 15.9 Å². The van der Waals surface area contributed by atoms with Gasteiger partial charge in [0.05, 0.1) is 31.4 Å². The summed E-state index contributed by atoms with van der Waals surface area (Å²) in [6.45, 7) is 5.77. The number of benzene rings is 1. The van der Waals surface area contributed by atoms with E-state index in [0.29, 0.717) is 31.1 Å². The number of rotatable bonds is 2. The lowest BCUT2D eigenvalue weighted by molar-refractivity contribution is -0.0371. The predicted molar refractivity (Wildman–Crippen MR) is 76.6 cm³/mol. The smallest absolute Gasteiger partial charge is 0.255 e. The number of hydrogen-bond acceptors (Lipinski definition) is 3. The Balaban J connectivity index is 2.33. The van der Waals surface area contributed by atoms with Crippen molar-refractivity contribution in [3.63, 3.8) is 0 Å². The molecule has 0 radical (unpaired) electrons. The van der Waals surface area contributed by atoms with Crippen LogP contribution in [0.2, 0.25) is 0 Å². The van der Waals surface area contributed by atoms with E-state index in [2.05, 4.69) is 15.9 Å². The van der Waals surface area contributed by atoms with Crippen molar-refractivity contribution < 1.29 is 14.3 Å². The number of amides is 1. The molecule has 1 heterocycles. The molecule has 0 saturated carbocycles. The van der Waals surface area contributed by atoms with Gasteiger partial charge in [0.25, 0.3) is 5.91 Å². The molecule has 0 bridgehead atoms. The summed E-state index contributed by atoms with van der Waals surface area (Å²) in [5.41, 5.74) is 0.326. The highest BCUT2D eigenvalue weighted by Gasteiger charge is 2.35. The second-order valence-corrected chi connectivity index (χ2v) is 6.02. The molecule has 1 amide bonds. The van der Waals surface area contributed by atoms with E-state index in [0.717, 1.165) is 4.47 Å². The number of methoxy groups -OCH3 is 1. The van der Waals surface area contributed by atoms with Gasteiger partial charge in [0, 0.05) is 11.0 Å². The third kappa shape index (κ3) is 2.92. The summed E-state index contributed by atoms with van der Waals surface area (Å²) in [6, 6.07) is 5.42. The predicted octanol–water partition coefficient (Wildman–Crippen LogP) is 2.71. The Morgan fingerprint density at radius 1 is 1.47 bits per heavy atom. The molecule has 19 heavy (non-hydrogen) atoms. The summed E-state index contributed by atoms with van der Waals surface area (Å²) >= 11 is 3.43. The minimum absolute atomic E-state index is 0.000856. The fourth-order valence-corrected chi connectivity index (χ4v) is 2.59. The molecule has 0 aromatic heterocycles. The first-order chi connectivity index (χ1) is 8.95. The van der Waals surface area contributed by atoms with Crippen molar-refractivity contribution in [3.05, 3.63) is 28.2 Å². The molecule has 1 fully saturated rings. The third-order valence-corrected chi connectivity index (χ3v) is 3.99. The Labute approximate surface area is 121 Å².